The number of benzene rings is 2. The van der Waals surface area contributed by atoms with Gasteiger partial charge in [-0.1, -0.05) is 32.0 Å². The number of hydrogen-bond acceptors (Lipinski definition) is 8. The van der Waals surface area contributed by atoms with Crippen molar-refractivity contribution in [3.63, 3.8) is 0 Å². The number of nitrogens with one attached hydrogen (secondary N) is 2. The van der Waals surface area contributed by atoms with Gasteiger partial charge >= 0.3 is 0 Å². The fraction of sp³-hybridized carbons (Fsp3) is 0.323. The molecule has 1 unspecified atom stereocenters. The monoisotopic (exact) mass is 551 g/mol. The standard InChI is InChI=1S/C31H33N7O3/c1-19(2)27(39)25-16-21-18-33-31(34-22-8-10-23(11-9-22)37-14-12-32-13-15-37)35-28(21)38(30(25)41)26-17-20-6-4-5-7-24(20)29(40)36(26)3/h4-11,16,18-19,26,32H,12-15,17H2,1-3H3,(H,33,34,35). The predicted octanol–water partition coefficient (Wildman–Crippen LogP) is 3.61. The molecule has 0 spiro atoms. The summed E-state index contributed by atoms with van der Waals surface area (Å²) < 4.78 is 1.49. The van der Waals surface area contributed by atoms with Crippen molar-refractivity contribution in [2.45, 2.75) is 26.4 Å². The first kappa shape index (κ1) is 26.6. The molecule has 0 aliphatic carbocycles. The maximum atomic E-state index is 14.0. The molecule has 10 nitrogen and oxygen atoms in total. The van der Waals surface area contributed by atoms with E-state index in [4.69, 9.17) is 4.98 Å². The molecule has 6 rings (SSSR count). The van der Waals surface area contributed by atoms with Crippen LogP contribution in [0.2, 0.25) is 0 Å². The molecule has 4 heterocycles. The average molecular weight is 552 g/mol. The van der Waals surface area contributed by atoms with E-state index in [2.05, 4.69) is 32.7 Å². The van der Waals surface area contributed by atoms with Crippen molar-refractivity contribution in [1.82, 2.24) is 24.8 Å². The Morgan fingerprint density at radius 1 is 1.05 bits per heavy atom. The third kappa shape index (κ3) is 4.95. The molecular formula is C31H33N7O3. The SMILES string of the molecule is CC(C)C(=O)c1cc2cnc(Nc3ccc(N4CCNCC4)cc3)nc2n(C2Cc3ccccc3C(=O)N2C)c1=O. The first-order valence-electron chi connectivity index (χ1n) is 14.0. The molecule has 1 fully saturated rings. The van der Waals surface area contributed by atoms with E-state index < -0.39 is 11.7 Å². The number of rotatable bonds is 6. The lowest BCUT2D eigenvalue weighted by Gasteiger charge is -2.35. The number of amides is 1. The number of pyridine rings is 1. The second-order valence-electron chi connectivity index (χ2n) is 10.9. The molecule has 1 amide bonds. The molecule has 0 bridgehead atoms. The molecule has 2 aliphatic heterocycles. The van der Waals surface area contributed by atoms with Crippen LogP contribution in [0.4, 0.5) is 17.3 Å². The molecule has 2 aromatic heterocycles. The minimum absolute atomic E-state index is 0.0695. The van der Waals surface area contributed by atoms with Crippen molar-refractivity contribution in [2.75, 3.05) is 43.4 Å². The molecule has 4 aromatic rings. The second kappa shape index (κ2) is 10.8. The van der Waals surface area contributed by atoms with Gasteiger partial charge < -0.3 is 20.4 Å². The zero-order valence-electron chi connectivity index (χ0n) is 23.4. The van der Waals surface area contributed by atoms with Gasteiger partial charge in [0.15, 0.2) is 5.78 Å². The number of carbonyl (C=O) groups is 2. The van der Waals surface area contributed by atoms with Gasteiger partial charge in [0, 0.05) is 74.1 Å². The normalized spacial score (nSPS) is 17.2. The molecule has 2 aromatic carbocycles. The first-order chi connectivity index (χ1) is 19.8. The number of nitrogens with zero attached hydrogens (tertiary/aromatic N) is 5. The Morgan fingerprint density at radius 2 is 1.78 bits per heavy atom. The molecule has 210 valence electrons. The number of carbonyl (C=O) groups excluding carboxylic acids is 2. The van der Waals surface area contributed by atoms with Crippen molar-refractivity contribution < 1.29 is 9.59 Å². The van der Waals surface area contributed by atoms with Gasteiger partial charge in [0.1, 0.15) is 11.8 Å². The van der Waals surface area contributed by atoms with Crippen LogP contribution in [-0.4, -0.2) is 64.4 Å². The van der Waals surface area contributed by atoms with E-state index >= 15 is 0 Å². The molecule has 1 saturated heterocycles. The van der Waals surface area contributed by atoms with Crippen LogP contribution in [0.25, 0.3) is 11.0 Å². The highest BCUT2D eigenvalue weighted by Gasteiger charge is 2.33. The Hall–Kier alpha value is -4.57. The number of fused-ring (bicyclic) bond motifs is 2. The van der Waals surface area contributed by atoms with Crippen LogP contribution in [-0.2, 0) is 6.42 Å². The molecule has 0 saturated carbocycles. The quantitative estimate of drug-likeness (QED) is 0.350. The van der Waals surface area contributed by atoms with Crippen molar-refractivity contribution in [3.05, 3.63) is 87.8 Å². The third-order valence-electron chi connectivity index (χ3n) is 7.88. The zero-order chi connectivity index (χ0) is 28.7. The smallest absolute Gasteiger partial charge is 0.264 e. The number of anilines is 3. The Labute approximate surface area is 238 Å². The van der Waals surface area contributed by atoms with Gasteiger partial charge in [-0.2, -0.15) is 4.98 Å². The van der Waals surface area contributed by atoms with Gasteiger partial charge in [0.25, 0.3) is 11.5 Å². The van der Waals surface area contributed by atoms with Crippen LogP contribution in [0.1, 0.15) is 46.3 Å². The number of likely N-dealkylation sites (N-methyl/N-ethyl adjacent to an activating group) is 1. The van der Waals surface area contributed by atoms with Crippen LogP contribution in [0.15, 0.2) is 65.6 Å². The lowest BCUT2D eigenvalue weighted by molar-refractivity contribution is 0.0629. The van der Waals surface area contributed by atoms with Crippen LogP contribution in [0, 0.1) is 5.92 Å². The zero-order valence-corrected chi connectivity index (χ0v) is 23.4. The molecule has 2 N–H and O–H groups in total. The van der Waals surface area contributed by atoms with E-state index in [1.165, 1.54) is 4.57 Å². The molecule has 1 atom stereocenters. The van der Waals surface area contributed by atoms with Gasteiger partial charge in [-0.25, -0.2) is 4.98 Å². The van der Waals surface area contributed by atoms with E-state index in [1.54, 1.807) is 44.1 Å². The van der Waals surface area contributed by atoms with E-state index in [0.29, 0.717) is 29.0 Å². The Balaban J connectivity index is 1.42. The maximum absolute atomic E-state index is 14.0. The molecule has 2 aliphatic rings. The number of piperazine rings is 1. The highest BCUT2D eigenvalue weighted by Crippen LogP contribution is 2.30. The van der Waals surface area contributed by atoms with Gasteiger partial charge in [0.05, 0.1) is 5.56 Å². The van der Waals surface area contributed by atoms with Crippen LogP contribution in [0.3, 0.4) is 0 Å². The van der Waals surface area contributed by atoms with Crippen LogP contribution in [0.5, 0.6) is 0 Å². The van der Waals surface area contributed by atoms with Gasteiger partial charge in [-0.3, -0.25) is 19.0 Å². The Kier molecular flexibility index (Phi) is 7.00. The lowest BCUT2D eigenvalue weighted by Crippen LogP contribution is -2.45. The number of hydrogen-bond donors (Lipinski definition) is 2. The maximum Gasteiger partial charge on any atom is 0.264 e. The van der Waals surface area contributed by atoms with E-state index in [9.17, 15) is 14.4 Å². The first-order valence-corrected chi connectivity index (χ1v) is 14.0. The van der Waals surface area contributed by atoms with Crippen molar-refractivity contribution in [1.29, 1.82) is 0 Å². The number of Topliss-reactive ketones (excluding diaryl/α,β-unsaturated/α-hetero) is 1. The van der Waals surface area contributed by atoms with Gasteiger partial charge in [-0.05, 0) is 42.0 Å². The van der Waals surface area contributed by atoms with Crippen LogP contribution >= 0.6 is 0 Å². The summed E-state index contributed by atoms with van der Waals surface area (Å²) in [4.78, 5) is 53.5. The third-order valence-corrected chi connectivity index (χ3v) is 7.88. The van der Waals surface area contributed by atoms with E-state index in [-0.39, 0.29) is 23.2 Å². The number of aromatic nitrogens is 3. The van der Waals surface area contributed by atoms with Crippen molar-refractivity contribution in [2.24, 2.45) is 5.92 Å². The summed E-state index contributed by atoms with van der Waals surface area (Å²) in [6.45, 7) is 7.37. The summed E-state index contributed by atoms with van der Waals surface area (Å²) in [7, 11) is 1.68. The Bertz CT molecular complexity index is 1690. The highest BCUT2D eigenvalue weighted by molar-refractivity contribution is 6.00. The average Bonchev–Trinajstić information content (AvgIpc) is 2.99. The van der Waals surface area contributed by atoms with Crippen molar-refractivity contribution in [3.8, 4) is 0 Å². The summed E-state index contributed by atoms with van der Waals surface area (Å²) in [5, 5.41) is 7.17. The van der Waals surface area contributed by atoms with Crippen molar-refractivity contribution >= 4 is 40.0 Å². The fourth-order valence-corrected chi connectivity index (χ4v) is 5.58. The lowest BCUT2D eigenvalue weighted by atomic mass is 9.96. The van der Waals surface area contributed by atoms with E-state index in [0.717, 1.165) is 43.1 Å². The van der Waals surface area contributed by atoms with E-state index in [1.807, 2.05) is 30.3 Å². The topological polar surface area (TPSA) is 112 Å². The summed E-state index contributed by atoms with van der Waals surface area (Å²) >= 11 is 0. The number of ketones is 1. The molecule has 10 heteroatoms. The second-order valence-corrected chi connectivity index (χ2v) is 10.9. The highest BCUT2D eigenvalue weighted by atomic mass is 16.2. The van der Waals surface area contributed by atoms with Crippen LogP contribution < -0.4 is 21.1 Å². The molecule has 41 heavy (non-hydrogen) atoms. The Morgan fingerprint density at radius 3 is 2.51 bits per heavy atom. The minimum atomic E-state index is -0.659. The summed E-state index contributed by atoms with van der Waals surface area (Å²) in [5.41, 5.74) is 3.37. The molecule has 0 radical (unpaired) electrons. The summed E-state index contributed by atoms with van der Waals surface area (Å²) in [6.07, 6.45) is 1.37. The van der Waals surface area contributed by atoms with Gasteiger partial charge in [-0.15, -0.1) is 0 Å². The van der Waals surface area contributed by atoms with Gasteiger partial charge in [0.2, 0.25) is 5.95 Å². The largest absolute Gasteiger partial charge is 0.369 e. The minimum Gasteiger partial charge on any atom is -0.369 e. The summed E-state index contributed by atoms with van der Waals surface area (Å²) in [5.74, 6) is -0.503. The molecular weight excluding hydrogens is 518 g/mol. The fourth-order valence-electron chi connectivity index (χ4n) is 5.58. The summed E-state index contributed by atoms with van der Waals surface area (Å²) in [6, 6.07) is 17.1. The predicted molar refractivity (Wildman–Crippen MR) is 159 cm³/mol.